The zero-order valence-electron chi connectivity index (χ0n) is 10.5. The molecule has 15 heavy (non-hydrogen) atoms. The van der Waals surface area contributed by atoms with Crippen LogP contribution < -0.4 is 5.32 Å². The molecule has 1 heterocycles. The Morgan fingerprint density at radius 1 is 1.40 bits per heavy atom. The van der Waals surface area contributed by atoms with E-state index >= 15 is 0 Å². The third-order valence-corrected chi connectivity index (χ3v) is 3.30. The minimum absolute atomic E-state index is 0.689. The van der Waals surface area contributed by atoms with Gasteiger partial charge < -0.3 is 10.1 Å². The van der Waals surface area contributed by atoms with Gasteiger partial charge in [0, 0.05) is 38.8 Å². The van der Waals surface area contributed by atoms with Crippen LogP contribution in [0.15, 0.2) is 0 Å². The average Bonchev–Trinajstić information content (AvgIpc) is 2.27. The molecule has 3 heteroatoms. The molecular weight excluding hydrogens is 188 g/mol. The van der Waals surface area contributed by atoms with Gasteiger partial charge in [0.25, 0.3) is 0 Å². The number of ether oxygens (including phenoxy) is 1. The second-order valence-corrected chi connectivity index (χ2v) is 4.44. The summed E-state index contributed by atoms with van der Waals surface area (Å²) in [4.78, 5) is 2.58. The molecule has 1 N–H and O–H groups in total. The van der Waals surface area contributed by atoms with Crippen molar-refractivity contribution in [1.82, 2.24) is 10.2 Å². The second-order valence-electron chi connectivity index (χ2n) is 4.44. The number of hydrogen-bond acceptors (Lipinski definition) is 3. The van der Waals surface area contributed by atoms with Gasteiger partial charge in [-0.3, -0.25) is 4.90 Å². The lowest BCUT2D eigenvalue weighted by molar-refractivity contribution is 0.0827. The van der Waals surface area contributed by atoms with Crippen molar-refractivity contribution in [2.24, 2.45) is 0 Å². The molecule has 2 unspecified atom stereocenters. The molecule has 0 saturated carbocycles. The van der Waals surface area contributed by atoms with E-state index in [4.69, 9.17) is 4.74 Å². The molecule has 2 atom stereocenters. The van der Waals surface area contributed by atoms with Crippen molar-refractivity contribution < 1.29 is 4.74 Å². The number of nitrogens with one attached hydrogen (secondary N) is 1. The van der Waals surface area contributed by atoms with Gasteiger partial charge in [-0.1, -0.05) is 20.3 Å². The second kappa shape index (κ2) is 7.20. The third-order valence-electron chi connectivity index (χ3n) is 3.30. The van der Waals surface area contributed by atoms with Crippen LogP contribution in [-0.4, -0.2) is 50.3 Å². The largest absolute Gasteiger partial charge is 0.383 e. The lowest BCUT2D eigenvalue weighted by Gasteiger charge is -2.40. The first-order chi connectivity index (χ1) is 7.31. The maximum Gasteiger partial charge on any atom is 0.0589 e. The molecule has 3 nitrogen and oxygen atoms in total. The molecular formula is C12H26N2O. The molecule has 90 valence electrons. The van der Waals surface area contributed by atoms with E-state index in [1.54, 1.807) is 7.11 Å². The average molecular weight is 214 g/mol. The predicted molar refractivity (Wildman–Crippen MR) is 64.2 cm³/mol. The number of nitrogens with zero attached hydrogens (tertiary/aromatic N) is 1. The first-order valence-electron chi connectivity index (χ1n) is 6.28. The van der Waals surface area contributed by atoms with E-state index in [-0.39, 0.29) is 0 Å². The van der Waals surface area contributed by atoms with Gasteiger partial charge in [-0.25, -0.2) is 0 Å². The van der Waals surface area contributed by atoms with Crippen molar-refractivity contribution in [3.05, 3.63) is 0 Å². The van der Waals surface area contributed by atoms with E-state index in [9.17, 15) is 0 Å². The van der Waals surface area contributed by atoms with Crippen LogP contribution in [0.3, 0.4) is 0 Å². The summed E-state index contributed by atoms with van der Waals surface area (Å²) in [6.45, 7) is 8.80. The molecule has 0 amide bonds. The Balaban J connectivity index is 2.38. The van der Waals surface area contributed by atoms with Crippen LogP contribution in [-0.2, 0) is 4.74 Å². The fourth-order valence-electron chi connectivity index (χ4n) is 2.36. The van der Waals surface area contributed by atoms with Gasteiger partial charge in [-0.05, 0) is 12.8 Å². The topological polar surface area (TPSA) is 24.5 Å². The standard InChI is InChI=1S/C12H26N2O/c1-4-6-11-10-14(7-8-15-3)12(5-2)9-13-11/h11-13H,4-10H2,1-3H3. The van der Waals surface area contributed by atoms with E-state index in [0.717, 1.165) is 19.7 Å². The van der Waals surface area contributed by atoms with Gasteiger partial charge in [0.05, 0.1) is 6.61 Å². The smallest absolute Gasteiger partial charge is 0.0589 e. The maximum absolute atomic E-state index is 5.17. The Morgan fingerprint density at radius 3 is 2.80 bits per heavy atom. The van der Waals surface area contributed by atoms with Gasteiger partial charge in [-0.15, -0.1) is 0 Å². The SMILES string of the molecule is CCCC1CN(CCOC)C(CC)CN1. The summed E-state index contributed by atoms with van der Waals surface area (Å²) in [5, 5.41) is 3.64. The van der Waals surface area contributed by atoms with Crippen LogP contribution in [0.4, 0.5) is 0 Å². The molecule has 1 fully saturated rings. The van der Waals surface area contributed by atoms with E-state index in [1.165, 1.54) is 25.8 Å². The molecule has 0 aromatic heterocycles. The van der Waals surface area contributed by atoms with Gasteiger partial charge in [0.15, 0.2) is 0 Å². The Labute approximate surface area is 94.2 Å². The molecule has 0 bridgehead atoms. The molecule has 1 saturated heterocycles. The van der Waals surface area contributed by atoms with Crippen LogP contribution in [0, 0.1) is 0 Å². The van der Waals surface area contributed by atoms with Gasteiger partial charge in [-0.2, -0.15) is 0 Å². The molecule has 0 radical (unpaired) electrons. The van der Waals surface area contributed by atoms with Crippen molar-refractivity contribution in [3.8, 4) is 0 Å². The van der Waals surface area contributed by atoms with Gasteiger partial charge >= 0.3 is 0 Å². The number of methoxy groups -OCH3 is 1. The fraction of sp³-hybridized carbons (Fsp3) is 1.00. The molecule has 1 aliphatic heterocycles. The van der Waals surface area contributed by atoms with Gasteiger partial charge in [0.1, 0.15) is 0 Å². The fourth-order valence-corrected chi connectivity index (χ4v) is 2.36. The highest BCUT2D eigenvalue weighted by Crippen LogP contribution is 2.12. The summed E-state index contributed by atoms with van der Waals surface area (Å²) >= 11 is 0. The molecule has 1 rings (SSSR count). The zero-order valence-corrected chi connectivity index (χ0v) is 10.5. The zero-order chi connectivity index (χ0) is 11.1. The Bertz CT molecular complexity index is 164. The van der Waals surface area contributed by atoms with Crippen LogP contribution in [0.1, 0.15) is 33.1 Å². The highest BCUT2D eigenvalue weighted by atomic mass is 16.5. The number of rotatable bonds is 6. The number of hydrogen-bond donors (Lipinski definition) is 1. The van der Waals surface area contributed by atoms with Crippen molar-refractivity contribution in [2.75, 3.05) is 33.4 Å². The quantitative estimate of drug-likeness (QED) is 0.725. The summed E-state index contributed by atoms with van der Waals surface area (Å²) in [7, 11) is 1.78. The summed E-state index contributed by atoms with van der Waals surface area (Å²) in [6.07, 6.45) is 3.79. The first-order valence-corrected chi connectivity index (χ1v) is 6.28. The van der Waals surface area contributed by atoms with Crippen molar-refractivity contribution in [1.29, 1.82) is 0 Å². The van der Waals surface area contributed by atoms with Crippen molar-refractivity contribution in [2.45, 2.75) is 45.2 Å². The minimum Gasteiger partial charge on any atom is -0.383 e. The monoisotopic (exact) mass is 214 g/mol. The third kappa shape index (κ3) is 4.09. The minimum atomic E-state index is 0.689. The van der Waals surface area contributed by atoms with Crippen LogP contribution in [0.5, 0.6) is 0 Å². The summed E-state index contributed by atoms with van der Waals surface area (Å²) < 4.78 is 5.17. The highest BCUT2D eigenvalue weighted by Gasteiger charge is 2.25. The van der Waals surface area contributed by atoms with Gasteiger partial charge in [0.2, 0.25) is 0 Å². The summed E-state index contributed by atoms with van der Waals surface area (Å²) in [6, 6.07) is 1.39. The molecule has 0 aliphatic carbocycles. The lowest BCUT2D eigenvalue weighted by atomic mass is 10.0. The molecule has 0 spiro atoms. The molecule has 1 aliphatic rings. The molecule has 0 aromatic rings. The lowest BCUT2D eigenvalue weighted by Crippen LogP contribution is -2.56. The normalized spacial score (nSPS) is 28.2. The van der Waals surface area contributed by atoms with E-state index in [0.29, 0.717) is 12.1 Å². The summed E-state index contributed by atoms with van der Waals surface area (Å²) in [5.74, 6) is 0. The van der Waals surface area contributed by atoms with E-state index in [2.05, 4.69) is 24.1 Å². The van der Waals surface area contributed by atoms with Crippen LogP contribution >= 0.6 is 0 Å². The maximum atomic E-state index is 5.17. The van der Waals surface area contributed by atoms with E-state index < -0.39 is 0 Å². The van der Waals surface area contributed by atoms with Crippen molar-refractivity contribution >= 4 is 0 Å². The first kappa shape index (κ1) is 12.9. The van der Waals surface area contributed by atoms with E-state index in [1.807, 2.05) is 0 Å². The van der Waals surface area contributed by atoms with Crippen molar-refractivity contribution in [3.63, 3.8) is 0 Å². The Kier molecular flexibility index (Phi) is 6.22. The predicted octanol–water partition coefficient (Wildman–Crippen LogP) is 1.49. The number of piperazine rings is 1. The van der Waals surface area contributed by atoms with Crippen LogP contribution in [0.25, 0.3) is 0 Å². The van der Waals surface area contributed by atoms with Crippen LogP contribution in [0.2, 0.25) is 0 Å². The molecule has 0 aromatic carbocycles. The Hall–Kier alpha value is -0.120. The Morgan fingerprint density at radius 2 is 2.20 bits per heavy atom. The highest BCUT2D eigenvalue weighted by molar-refractivity contribution is 4.85. The summed E-state index contributed by atoms with van der Waals surface area (Å²) in [5.41, 5.74) is 0.